The molecular weight excluding hydrogens is 875 g/mol. The molecule has 3 aromatic heterocycles. The Morgan fingerprint density at radius 3 is 1.54 bits per heavy atom. The molecule has 1 atom stereocenters. The van der Waals surface area contributed by atoms with Gasteiger partial charge in [-0.05, 0) is 107 Å². The summed E-state index contributed by atoms with van der Waals surface area (Å²) >= 11 is 0. The Kier molecular flexibility index (Phi) is 9.01. The van der Waals surface area contributed by atoms with Gasteiger partial charge in [-0.15, -0.1) is 0 Å². The molecule has 10 aromatic carbocycles. The van der Waals surface area contributed by atoms with Gasteiger partial charge in [-0.2, -0.15) is 0 Å². The Morgan fingerprint density at radius 2 is 0.944 bits per heavy atom. The van der Waals surface area contributed by atoms with Crippen molar-refractivity contribution in [2.45, 2.75) is 19.4 Å². The fourth-order valence-corrected chi connectivity index (χ4v) is 11.8. The lowest BCUT2D eigenvalue weighted by molar-refractivity contribution is 0.387. The molecule has 13 aromatic rings. The number of hydrogen-bond acceptors (Lipinski definition) is 7. The molecule has 1 aliphatic heterocycles. The number of fused-ring (bicyclic) bond motifs is 10. The zero-order valence-electron chi connectivity index (χ0n) is 38.7. The second-order valence-electron chi connectivity index (χ2n) is 18.7. The van der Waals surface area contributed by atoms with Gasteiger partial charge in [-0.3, -0.25) is 9.97 Å². The second-order valence-corrected chi connectivity index (χ2v) is 18.7. The van der Waals surface area contributed by atoms with Crippen LogP contribution in [0.3, 0.4) is 0 Å². The molecule has 14 rings (SSSR count). The van der Waals surface area contributed by atoms with Crippen molar-refractivity contribution in [1.82, 2.24) is 14.9 Å². The monoisotopic (exact) mass is 915 g/mol. The lowest BCUT2D eigenvalue weighted by atomic mass is 9.81. The van der Waals surface area contributed by atoms with Gasteiger partial charge in [-0.25, -0.2) is 9.59 Å². The lowest BCUT2D eigenvalue weighted by Gasteiger charge is -2.29. The molecule has 1 aliphatic rings. The van der Waals surface area contributed by atoms with Crippen LogP contribution in [0.25, 0.3) is 126 Å². The predicted octanol–water partition coefficient (Wildman–Crippen LogP) is 15.3. The quantitative estimate of drug-likeness (QED) is 0.0965. The van der Waals surface area contributed by atoms with E-state index >= 15 is 0 Å². The second kappa shape index (κ2) is 15.7. The molecule has 71 heavy (non-hydrogen) atoms. The van der Waals surface area contributed by atoms with Gasteiger partial charge in [0, 0.05) is 34.5 Å². The summed E-state index contributed by atoms with van der Waals surface area (Å²) in [7, 11) is 2.10. The van der Waals surface area contributed by atoms with E-state index in [4.69, 9.17) is 18.8 Å². The molecule has 336 valence electrons. The average molecular weight is 916 g/mol. The third-order valence-electron chi connectivity index (χ3n) is 15.0. The molecule has 4 heterocycles. The van der Waals surface area contributed by atoms with Gasteiger partial charge in [0.25, 0.3) is 0 Å². The maximum absolute atomic E-state index is 13.9. The van der Waals surface area contributed by atoms with Crippen molar-refractivity contribution in [3.63, 3.8) is 0 Å². The SMILES string of the molecule is Cc1c(-c2cnc(-c3c4ccccc4c(-c4c5ccccc5c(C5CC=C(c6cc7ccc8ccccc8c7oc6=O)N5C)c5ccccc45)c4ccccc34)cn2)c(=O)oc2ccc3ccccc3c12. The third kappa shape index (κ3) is 6.09. The Balaban J connectivity index is 0.924. The van der Waals surface area contributed by atoms with Crippen LogP contribution in [0.5, 0.6) is 0 Å². The Hall–Kier alpha value is -9.20. The largest absolute Gasteiger partial charge is 0.422 e. The predicted molar refractivity (Wildman–Crippen MR) is 290 cm³/mol. The first kappa shape index (κ1) is 40.8. The van der Waals surface area contributed by atoms with Crippen LogP contribution < -0.4 is 11.3 Å². The topological polar surface area (TPSA) is 89.4 Å². The van der Waals surface area contributed by atoms with E-state index in [-0.39, 0.29) is 11.7 Å². The van der Waals surface area contributed by atoms with Crippen LogP contribution in [0.15, 0.2) is 213 Å². The highest BCUT2D eigenvalue weighted by atomic mass is 16.4. The molecule has 7 heteroatoms. The highest BCUT2D eigenvalue weighted by Gasteiger charge is 2.32. The van der Waals surface area contributed by atoms with Gasteiger partial charge in [0.1, 0.15) is 11.2 Å². The summed E-state index contributed by atoms with van der Waals surface area (Å²) in [6, 6.07) is 60.7. The molecule has 0 aliphatic carbocycles. The van der Waals surface area contributed by atoms with Gasteiger partial charge < -0.3 is 13.7 Å². The fourth-order valence-electron chi connectivity index (χ4n) is 11.8. The molecule has 7 nitrogen and oxygen atoms in total. The van der Waals surface area contributed by atoms with E-state index in [1.54, 1.807) is 12.4 Å². The van der Waals surface area contributed by atoms with Crippen LogP contribution in [0.1, 0.15) is 29.2 Å². The fraction of sp³-hybridized carbons (Fsp3) is 0.0625. The molecule has 0 fully saturated rings. The van der Waals surface area contributed by atoms with E-state index in [1.165, 1.54) is 5.56 Å². The van der Waals surface area contributed by atoms with Crippen LogP contribution in [-0.4, -0.2) is 21.9 Å². The average Bonchev–Trinajstić information content (AvgIpc) is 3.79. The number of benzene rings is 10. The number of rotatable bonds is 5. The van der Waals surface area contributed by atoms with Gasteiger partial charge in [0.15, 0.2) is 0 Å². The number of nitrogens with zero attached hydrogens (tertiary/aromatic N) is 3. The Morgan fingerprint density at radius 1 is 0.479 bits per heavy atom. The van der Waals surface area contributed by atoms with E-state index in [2.05, 4.69) is 133 Å². The smallest absolute Gasteiger partial charge is 0.346 e. The molecule has 1 unspecified atom stereocenters. The normalized spacial score (nSPS) is 14.0. The van der Waals surface area contributed by atoms with Crippen molar-refractivity contribution >= 4 is 92.3 Å². The van der Waals surface area contributed by atoms with Crippen LogP contribution in [-0.2, 0) is 0 Å². The Labute approximate surface area is 406 Å². The summed E-state index contributed by atoms with van der Waals surface area (Å²) in [6.07, 6.45) is 6.41. The maximum atomic E-state index is 13.9. The maximum Gasteiger partial charge on any atom is 0.346 e. The first-order valence-corrected chi connectivity index (χ1v) is 24.0. The standard InChI is InChI=1S/C64H41N3O4/c1-36-56-40-17-5-3-15-37(40)29-32-55(56)70-64(69)57(36)51-34-66-52(35-65-51)58-42-19-7-11-23-46(42)60(47-24-12-8-20-43(47)58)61-48-25-13-9-21-44(48)59(45-22-10-14-26-49(45)61)54-31-30-53(67(54)2)50-33-39-28-27-38-16-4-6-18-41(38)62(39)71-63(50)68/h3-30,32-35,54H,31H2,1-2H3. The van der Waals surface area contributed by atoms with Crippen molar-refractivity contribution in [3.8, 4) is 33.6 Å². The van der Waals surface area contributed by atoms with Crippen molar-refractivity contribution in [3.05, 3.63) is 232 Å². The third-order valence-corrected chi connectivity index (χ3v) is 15.0. The molecule has 0 N–H and O–H groups in total. The molecule has 0 spiro atoms. The van der Waals surface area contributed by atoms with Crippen LogP contribution in [0.4, 0.5) is 0 Å². The Bertz CT molecular complexity index is 4470. The van der Waals surface area contributed by atoms with Crippen molar-refractivity contribution < 1.29 is 8.83 Å². The highest BCUT2D eigenvalue weighted by Crippen LogP contribution is 2.51. The molecule has 0 radical (unpaired) electrons. The first-order valence-electron chi connectivity index (χ1n) is 24.0. The highest BCUT2D eigenvalue weighted by molar-refractivity contribution is 6.28. The summed E-state index contributed by atoms with van der Waals surface area (Å²) in [6.45, 7) is 1.96. The van der Waals surface area contributed by atoms with Gasteiger partial charge in [0.05, 0.1) is 41.0 Å². The van der Waals surface area contributed by atoms with Gasteiger partial charge in [0.2, 0.25) is 0 Å². The van der Waals surface area contributed by atoms with E-state index in [0.29, 0.717) is 33.7 Å². The zero-order valence-corrected chi connectivity index (χ0v) is 38.7. The van der Waals surface area contributed by atoms with Gasteiger partial charge >= 0.3 is 11.3 Å². The summed E-state index contributed by atoms with van der Waals surface area (Å²) < 4.78 is 12.1. The minimum atomic E-state index is -0.444. The van der Waals surface area contributed by atoms with Crippen molar-refractivity contribution in [2.75, 3.05) is 7.05 Å². The molecule has 0 amide bonds. The zero-order chi connectivity index (χ0) is 47.5. The van der Waals surface area contributed by atoms with E-state index in [1.807, 2.05) is 67.6 Å². The van der Waals surface area contributed by atoms with Gasteiger partial charge in [-0.1, -0.05) is 170 Å². The van der Waals surface area contributed by atoms with Crippen LogP contribution in [0.2, 0.25) is 0 Å². The summed E-state index contributed by atoms with van der Waals surface area (Å²) in [4.78, 5) is 39.9. The van der Waals surface area contributed by atoms with Crippen molar-refractivity contribution in [1.29, 1.82) is 0 Å². The molecular formula is C64H41N3O4. The van der Waals surface area contributed by atoms with E-state index < -0.39 is 5.63 Å². The van der Waals surface area contributed by atoms with Crippen molar-refractivity contribution in [2.24, 2.45) is 0 Å². The number of aromatic nitrogens is 2. The molecule has 0 saturated carbocycles. The summed E-state index contributed by atoms with van der Waals surface area (Å²) in [5.41, 5.74) is 8.65. The number of aryl methyl sites for hydroxylation is 1. The van der Waals surface area contributed by atoms with Crippen LogP contribution in [0, 0.1) is 6.92 Å². The minimum absolute atomic E-state index is 0.0536. The number of hydrogen-bond donors (Lipinski definition) is 0. The lowest BCUT2D eigenvalue weighted by Crippen LogP contribution is -2.21. The summed E-state index contributed by atoms with van der Waals surface area (Å²) in [5.74, 6) is 0. The van der Waals surface area contributed by atoms with Crippen LogP contribution >= 0.6 is 0 Å². The molecule has 0 saturated heterocycles. The first-order chi connectivity index (χ1) is 34.9. The molecule has 0 bridgehead atoms. The minimum Gasteiger partial charge on any atom is -0.422 e. The van der Waals surface area contributed by atoms with E-state index in [9.17, 15) is 9.59 Å². The van der Waals surface area contributed by atoms with E-state index in [0.717, 1.165) is 110 Å². The summed E-state index contributed by atoms with van der Waals surface area (Å²) in [5, 5.41) is 14.7.